The Labute approximate surface area is 144 Å². The van der Waals surface area contributed by atoms with Crippen molar-refractivity contribution in [3.8, 4) is 0 Å². The van der Waals surface area contributed by atoms with Gasteiger partial charge in [-0.3, -0.25) is 10.1 Å². The summed E-state index contributed by atoms with van der Waals surface area (Å²) < 4.78 is 5.20. The van der Waals surface area contributed by atoms with Crippen molar-refractivity contribution in [2.45, 2.75) is 26.4 Å². The lowest BCUT2D eigenvalue weighted by atomic mass is 10.2. The van der Waals surface area contributed by atoms with Crippen LogP contribution < -0.4 is 10.6 Å². The maximum atomic E-state index is 12.2. The standard InChI is InChI=1S/C16H17ClN4O3/c1-16(2,3)24-15(23)19-11-7-5-4-6-10(11)18-14(22)12-8-9-13(17)21-20-12/h4-9H,1-3H3,(H,18,22)(H,19,23). The lowest BCUT2D eigenvalue weighted by Crippen LogP contribution is -2.27. The first-order chi connectivity index (χ1) is 11.2. The van der Waals surface area contributed by atoms with Gasteiger partial charge in [0.25, 0.3) is 5.91 Å². The number of amides is 2. The Kier molecular flexibility index (Phi) is 5.35. The Balaban J connectivity index is 2.12. The third kappa shape index (κ3) is 5.20. The van der Waals surface area contributed by atoms with Gasteiger partial charge in [-0.1, -0.05) is 23.7 Å². The second kappa shape index (κ2) is 7.27. The quantitative estimate of drug-likeness (QED) is 0.881. The fourth-order valence-corrected chi connectivity index (χ4v) is 1.84. The topological polar surface area (TPSA) is 93.2 Å². The van der Waals surface area contributed by atoms with E-state index in [0.29, 0.717) is 11.4 Å². The van der Waals surface area contributed by atoms with Crippen LogP contribution in [-0.4, -0.2) is 27.8 Å². The number of carbonyl (C=O) groups is 2. The molecule has 0 atom stereocenters. The summed E-state index contributed by atoms with van der Waals surface area (Å²) in [6.45, 7) is 5.29. The fraction of sp³-hybridized carbons (Fsp3) is 0.250. The van der Waals surface area contributed by atoms with E-state index < -0.39 is 17.6 Å². The average molecular weight is 349 g/mol. The average Bonchev–Trinajstić information content (AvgIpc) is 2.48. The van der Waals surface area contributed by atoms with Crippen molar-refractivity contribution in [1.29, 1.82) is 0 Å². The van der Waals surface area contributed by atoms with Crippen LogP contribution in [0, 0.1) is 0 Å². The van der Waals surface area contributed by atoms with E-state index in [9.17, 15) is 9.59 Å². The summed E-state index contributed by atoms with van der Waals surface area (Å²) in [6, 6.07) is 9.66. The minimum atomic E-state index is -0.624. The van der Waals surface area contributed by atoms with Gasteiger partial charge in [0.05, 0.1) is 11.4 Å². The summed E-state index contributed by atoms with van der Waals surface area (Å²) in [6.07, 6.45) is -0.615. The number of ether oxygens (including phenoxy) is 1. The zero-order chi connectivity index (χ0) is 17.7. The molecule has 126 valence electrons. The number of benzene rings is 1. The van der Waals surface area contributed by atoms with Crippen molar-refractivity contribution >= 4 is 35.0 Å². The normalized spacial score (nSPS) is 10.8. The van der Waals surface area contributed by atoms with E-state index in [1.165, 1.54) is 12.1 Å². The highest BCUT2D eigenvalue weighted by atomic mass is 35.5. The first-order valence-corrected chi connectivity index (χ1v) is 7.52. The molecule has 2 aromatic rings. The predicted octanol–water partition coefficient (Wildman–Crippen LogP) is 3.73. The van der Waals surface area contributed by atoms with Crippen LogP contribution in [0.5, 0.6) is 0 Å². The van der Waals surface area contributed by atoms with Gasteiger partial charge in [-0.2, -0.15) is 0 Å². The second-order valence-electron chi connectivity index (χ2n) is 5.87. The smallest absolute Gasteiger partial charge is 0.412 e. The van der Waals surface area contributed by atoms with Gasteiger partial charge in [0, 0.05) is 0 Å². The Morgan fingerprint density at radius 2 is 1.62 bits per heavy atom. The van der Waals surface area contributed by atoms with E-state index in [2.05, 4.69) is 20.8 Å². The number of aromatic nitrogens is 2. The SMILES string of the molecule is CC(C)(C)OC(=O)Nc1ccccc1NC(=O)c1ccc(Cl)nn1. The van der Waals surface area contributed by atoms with Crippen molar-refractivity contribution in [3.63, 3.8) is 0 Å². The number of para-hydroxylation sites is 2. The van der Waals surface area contributed by atoms with Gasteiger partial charge >= 0.3 is 6.09 Å². The lowest BCUT2D eigenvalue weighted by molar-refractivity contribution is 0.0635. The summed E-state index contributed by atoms with van der Waals surface area (Å²) in [4.78, 5) is 24.1. The number of nitrogens with zero attached hydrogens (tertiary/aromatic N) is 2. The number of anilines is 2. The maximum absolute atomic E-state index is 12.2. The van der Waals surface area contributed by atoms with Gasteiger partial charge in [0.2, 0.25) is 0 Å². The number of hydrogen-bond donors (Lipinski definition) is 2. The molecule has 0 aliphatic rings. The molecule has 1 heterocycles. The molecule has 0 bridgehead atoms. The Morgan fingerprint density at radius 3 is 2.17 bits per heavy atom. The highest BCUT2D eigenvalue weighted by Gasteiger charge is 2.18. The van der Waals surface area contributed by atoms with Crippen LogP contribution in [-0.2, 0) is 4.74 Å². The van der Waals surface area contributed by atoms with Gasteiger partial charge < -0.3 is 10.1 Å². The molecular formula is C16H17ClN4O3. The molecule has 0 aliphatic carbocycles. The largest absolute Gasteiger partial charge is 0.444 e. The van der Waals surface area contributed by atoms with Gasteiger partial charge in [-0.05, 0) is 45.0 Å². The first-order valence-electron chi connectivity index (χ1n) is 7.14. The van der Waals surface area contributed by atoms with Crippen LogP contribution in [0.2, 0.25) is 5.15 Å². The molecule has 2 N–H and O–H groups in total. The van der Waals surface area contributed by atoms with Crippen molar-refractivity contribution in [2.75, 3.05) is 10.6 Å². The molecule has 0 radical (unpaired) electrons. The summed E-state index contributed by atoms with van der Waals surface area (Å²) >= 11 is 5.65. The summed E-state index contributed by atoms with van der Waals surface area (Å²) in [5.74, 6) is -0.474. The zero-order valence-electron chi connectivity index (χ0n) is 13.5. The van der Waals surface area contributed by atoms with Gasteiger partial charge in [-0.15, -0.1) is 10.2 Å². The molecule has 2 amide bonds. The molecule has 0 unspecified atom stereocenters. The number of rotatable bonds is 3. The highest BCUT2D eigenvalue weighted by molar-refractivity contribution is 6.29. The van der Waals surface area contributed by atoms with Crippen LogP contribution in [0.25, 0.3) is 0 Å². The van der Waals surface area contributed by atoms with E-state index in [-0.39, 0.29) is 10.8 Å². The fourth-order valence-electron chi connectivity index (χ4n) is 1.74. The molecule has 24 heavy (non-hydrogen) atoms. The van der Waals surface area contributed by atoms with Crippen LogP contribution in [0.4, 0.5) is 16.2 Å². The van der Waals surface area contributed by atoms with E-state index in [4.69, 9.17) is 16.3 Å². The molecule has 0 aliphatic heterocycles. The Hall–Kier alpha value is -2.67. The molecule has 0 saturated carbocycles. The highest BCUT2D eigenvalue weighted by Crippen LogP contribution is 2.22. The number of halogens is 1. The molecule has 1 aromatic carbocycles. The minimum absolute atomic E-state index is 0.103. The molecule has 0 fully saturated rings. The van der Waals surface area contributed by atoms with Gasteiger partial charge in [0.15, 0.2) is 10.8 Å². The number of nitrogens with one attached hydrogen (secondary N) is 2. The van der Waals surface area contributed by atoms with Gasteiger partial charge in [-0.25, -0.2) is 4.79 Å². The van der Waals surface area contributed by atoms with E-state index in [1.54, 1.807) is 45.0 Å². The Bertz CT molecular complexity index is 742. The first kappa shape index (κ1) is 17.7. The molecule has 0 saturated heterocycles. The van der Waals surface area contributed by atoms with Crippen molar-refractivity contribution in [3.05, 3.63) is 47.2 Å². The van der Waals surface area contributed by atoms with E-state index >= 15 is 0 Å². The van der Waals surface area contributed by atoms with Crippen LogP contribution in [0.15, 0.2) is 36.4 Å². The van der Waals surface area contributed by atoms with E-state index in [1.807, 2.05) is 0 Å². The molecule has 0 spiro atoms. The van der Waals surface area contributed by atoms with Crippen molar-refractivity contribution < 1.29 is 14.3 Å². The van der Waals surface area contributed by atoms with E-state index in [0.717, 1.165) is 0 Å². The number of hydrogen-bond acceptors (Lipinski definition) is 5. The van der Waals surface area contributed by atoms with Gasteiger partial charge in [0.1, 0.15) is 5.60 Å². The lowest BCUT2D eigenvalue weighted by Gasteiger charge is -2.20. The number of carbonyl (C=O) groups excluding carboxylic acids is 2. The predicted molar refractivity (Wildman–Crippen MR) is 91.3 cm³/mol. The molecular weight excluding hydrogens is 332 g/mol. The van der Waals surface area contributed by atoms with Crippen LogP contribution in [0.3, 0.4) is 0 Å². The maximum Gasteiger partial charge on any atom is 0.412 e. The third-order valence-corrected chi connectivity index (χ3v) is 2.88. The molecule has 8 heteroatoms. The summed E-state index contributed by atoms with van der Waals surface area (Å²) in [7, 11) is 0. The molecule has 1 aromatic heterocycles. The monoisotopic (exact) mass is 348 g/mol. The second-order valence-corrected chi connectivity index (χ2v) is 6.26. The third-order valence-electron chi connectivity index (χ3n) is 2.68. The summed E-state index contributed by atoms with van der Waals surface area (Å²) in [5, 5.41) is 12.8. The minimum Gasteiger partial charge on any atom is -0.444 e. The van der Waals surface area contributed by atoms with Crippen molar-refractivity contribution in [2.24, 2.45) is 0 Å². The zero-order valence-corrected chi connectivity index (χ0v) is 14.2. The summed E-state index contributed by atoms with van der Waals surface area (Å²) in [5.41, 5.74) is 0.292. The van der Waals surface area contributed by atoms with Crippen LogP contribution in [0.1, 0.15) is 31.3 Å². The Morgan fingerprint density at radius 1 is 1.00 bits per heavy atom. The van der Waals surface area contributed by atoms with Crippen molar-refractivity contribution in [1.82, 2.24) is 10.2 Å². The van der Waals surface area contributed by atoms with Crippen LogP contribution >= 0.6 is 11.6 Å². The molecule has 2 rings (SSSR count). The molecule has 7 nitrogen and oxygen atoms in total.